The van der Waals surface area contributed by atoms with Crippen LogP contribution in [0.5, 0.6) is 0 Å². The lowest BCUT2D eigenvalue weighted by molar-refractivity contribution is 1.10. The molecular weight excluding hydrogens is 180 g/mol. The minimum absolute atomic E-state index is 0.650. The average Bonchev–Trinajstić information content (AvgIpc) is 2.16. The maximum atomic E-state index is 8.82. The summed E-state index contributed by atoms with van der Waals surface area (Å²) in [6, 6.07) is 7.61. The minimum atomic E-state index is 0.650. The molecule has 0 unspecified atom stereocenters. The number of nitrogen functional groups attached to an aromatic ring is 1. The van der Waals surface area contributed by atoms with Crippen LogP contribution in [0.2, 0.25) is 0 Å². The summed E-state index contributed by atoms with van der Waals surface area (Å²) in [4.78, 5) is 1.03. The first kappa shape index (κ1) is 9.94. The maximum absolute atomic E-state index is 8.82. The van der Waals surface area contributed by atoms with Crippen molar-refractivity contribution < 1.29 is 0 Å². The van der Waals surface area contributed by atoms with Gasteiger partial charge in [-0.05, 0) is 30.4 Å². The molecule has 0 saturated carbocycles. The minimum Gasteiger partial charge on any atom is -0.399 e. The lowest BCUT2D eigenvalue weighted by Crippen LogP contribution is -1.88. The van der Waals surface area contributed by atoms with E-state index in [0.29, 0.717) is 11.3 Å². The van der Waals surface area contributed by atoms with Crippen molar-refractivity contribution in [1.82, 2.24) is 0 Å². The number of nitrogens with two attached hydrogens (primary N) is 1. The molecule has 1 aromatic carbocycles. The van der Waals surface area contributed by atoms with Crippen LogP contribution in [0.1, 0.15) is 18.9 Å². The van der Waals surface area contributed by atoms with Gasteiger partial charge in [0.25, 0.3) is 0 Å². The molecule has 0 saturated heterocycles. The van der Waals surface area contributed by atoms with Crippen LogP contribution in [0, 0.1) is 11.3 Å². The van der Waals surface area contributed by atoms with E-state index in [1.54, 1.807) is 17.8 Å². The van der Waals surface area contributed by atoms with E-state index in [9.17, 15) is 0 Å². The molecular formula is C10H12N2S. The van der Waals surface area contributed by atoms with Gasteiger partial charge in [0.05, 0.1) is 5.56 Å². The second-order valence-corrected chi connectivity index (χ2v) is 3.85. The highest BCUT2D eigenvalue weighted by Gasteiger charge is 2.01. The van der Waals surface area contributed by atoms with E-state index in [4.69, 9.17) is 11.0 Å². The van der Waals surface area contributed by atoms with Gasteiger partial charge in [0.2, 0.25) is 0 Å². The Morgan fingerprint density at radius 1 is 1.54 bits per heavy atom. The fourth-order valence-corrected chi connectivity index (χ4v) is 1.82. The van der Waals surface area contributed by atoms with E-state index >= 15 is 0 Å². The molecule has 0 amide bonds. The normalized spacial score (nSPS) is 9.54. The van der Waals surface area contributed by atoms with Crippen LogP contribution in [-0.4, -0.2) is 5.75 Å². The van der Waals surface area contributed by atoms with Crippen molar-refractivity contribution in [3.8, 4) is 6.07 Å². The molecule has 0 aliphatic heterocycles. The van der Waals surface area contributed by atoms with E-state index in [2.05, 4.69) is 13.0 Å². The van der Waals surface area contributed by atoms with Gasteiger partial charge in [0.1, 0.15) is 6.07 Å². The quantitative estimate of drug-likeness (QED) is 0.591. The predicted molar refractivity (Wildman–Crippen MR) is 56.6 cm³/mol. The SMILES string of the molecule is CCCSc1ccc(N)cc1C#N. The van der Waals surface area contributed by atoms with Crippen LogP contribution in [0.3, 0.4) is 0 Å². The van der Waals surface area contributed by atoms with Gasteiger partial charge < -0.3 is 5.73 Å². The van der Waals surface area contributed by atoms with E-state index in [1.807, 2.05) is 12.1 Å². The second-order valence-electron chi connectivity index (χ2n) is 2.72. The first-order valence-electron chi connectivity index (χ1n) is 4.20. The zero-order valence-electron chi connectivity index (χ0n) is 7.58. The number of anilines is 1. The lowest BCUT2D eigenvalue weighted by Gasteiger charge is -2.02. The summed E-state index contributed by atoms with van der Waals surface area (Å²) in [6.45, 7) is 2.12. The van der Waals surface area contributed by atoms with Gasteiger partial charge in [-0.1, -0.05) is 6.92 Å². The Bertz CT molecular complexity index is 328. The third-order valence-electron chi connectivity index (χ3n) is 1.59. The molecule has 13 heavy (non-hydrogen) atoms. The van der Waals surface area contributed by atoms with Crippen LogP contribution in [0.15, 0.2) is 23.1 Å². The van der Waals surface area contributed by atoms with Crippen molar-refractivity contribution in [2.24, 2.45) is 0 Å². The number of thioether (sulfide) groups is 1. The lowest BCUT2D eigenvalue weighted by atomic mass is 10.2. The summed E-state index contributed by atoms with van der Waals surface area (Å²) in [5.74, 6) is 1.04. The Balaban J connectivity index is 2.88. The molecule has 0 aromatic heterocycles. The van der Waals surface area contributed by atoms with Crippen LogP contribution in [-0.2, 0) is 0 Å². The molecule has 0 fully saturated rings. The monoisotopic (exact) mass is 192 g/mol. The Morgan fingerprint density at radius 2 is 2.31 bits per heavy atom. The van der Waals surface area contributed by atoms with Gasteiger partial charge in [0, 0.05) is 10.6 Å². The number of hydrogen-bond acceptors (Lipinski definition) is 3. The summed E-state index contributed by atoms with van der Waals surface area (Å²) in [6.07, 6.45) is 1.11. The molecule has 0 spiro atoms. The molecule has 0 radical (unpaired) electrons. The summed E-state index contributed by atoms with van der Waals surface area (Å²) >= 11 is 1.70. The van der Waals surface area contributed by atoms with Gasteiger partial charge in [-0.2, -0.15) is 5.26 Å². The molecule has 0 aliphatic carbocycles. The first-order chi connectivity index (χ1) is 6.27. The van der Waals surface area contributed by atoms with Crippen molar-refractivity contribution in [2.75, 3.05) is 11.5 Å². The third-order valence-corrected chi connectivity index (χ3v) is 2.87. The number of hydrogen-bond donors (Lipinski definition) is 1. The number of rotatable bonds is 3. The van der Waals surface area contributed by atoms with Gasteiger partial charge in [-0.15, -0.1) is 11.8 Å². The summed E-state index contributed by atoms with van der Waals surface area (Å²) in [5.41, 5.74) is 6.90. The number of nitriles is 1. The van der Waals surface area contributed by atoms with E-state index in [0.717, 1.165) is 17.1 Å². The molecule has 0 bridgehead atoms. The molecule has 0 aliphatic rings. The molecule has 1 aromatic rings. The maximum Gasteiger partial charge on any atom is 0.100 e. The summed E-state index contributed by atoms with van der Waals surface area (Å²) in [5, 5.41) is 8.82. The zero-order valence-corrected chi connectivity index (χ0v) is 8.40. The number of benzene rings is 1. The van der Waals surface area contributed by atoms with Gasteiger partial charge in [0.15, 0.2) is 0 Å². The molecule has 1 rings (SSSR count). The zero-order chi connectivity index (χ0) is 9.68. The Kier molecular flexibility index (Phi) is 3.66. The largest absolute Gasteiger partial charge is 0.399 e. The molecule has 0 atom stereocenters. The smallest absolute Gasteiger partial charge is 0.100 e. The van der Waals surface area contributed by atoms with Crippen molar-refractivity contribution in [2.45, 2.75) is 18.2 Å². The van der Waals surface area contributed by atoms with Crippen molar-refractivity contribution in [1.29, 1.82) is 5.26 Å². The highest BCUT2D eigenvalue weighted by Crippen LogP contribution is 2.24. The van der Waals surface area contributed by atoms with Crippen LogP contribution in [0.4, 0.5) is 5.69 Å². The molecule has 3 heteroatoms. The molecule has 2 nitrogen and oxygen atoms in total. The van der Waals surface area contributed by atoms with Crippen molar-refractivity contribution >= 4 is 17.4 Å². The fraction of sp³-hybridized carbons (Fsp3) is 0.300. The predicted octanol–water partition coefficient (Wildman–Crippen LogP) is 2.64. The first-order valence-corrected chi connectivity index (χ1v) is 5.19. The van der Waals surface area contributed by atoms with Gasteiger partial charge in [-0.25, -0.2) is 0 Å². The van der Waals surface area contributed by atoms with E-state index < -0.39 is 0 Å². The van der Waals surface area contributed by atoms with Crippen molar-refractivity contribution in [3.05, 3.63) is 23.8 Å². The van der Waals surface area contributed by atoms with Crippen LogP contribution >= 0.6 is 11.8 Å². The number of nitrogens with zero attached hydrogens (tertiary/aromatic N) is 1. The third kappa shape index (κ3) is 2.67. The average molecular weight is 192 g/mol. The summed E-state index contributed by atoms with van der Waals surface area (Å²) in [7, 11) is 0. The van der Waals surface area contributed by atoms with E-state index in [-0.39, 0.29) is 0 Å². The highest BCUT2D eigenvalue weighted by atomic mass is 32.2. The molecule has 2 N–H and O–H groups in total. The molecule has 68 valence electrons. The van der Waals surface area contributed by atoms with E-state index in [1.165, 1.54) is 0 Å². The Labute approximate surface area is 82.7 Å². The fourth-order valence-electron chi connectivity index (χ4n) is 0.973. The second kappa shape index (κ2) is 4.78. The van der Waals surface area contributed by atoms with Crippen LogP contribution in [0.25, 0.3) is 0 Å². The Morgan fingerprint density at radius 3 is 2.92 bits per heavy atom. The Hall–Kier alpha value is -1.14. The van der Waals surface area contributed by atoms with Gasteiger partial charge in [-0.3, -0.25) is 0 Å². The topological polar surface area (TPSA) is 49.8 Å². The summed E-state index contributed by atoms with van der Waals surface area (Å²) < 4.78 is 0. The van der Waals surface area contributed by atoms with Gasteiger partial charge >= 0.3 is 0 Å². The van der Waals surface area contributed by atoms with Crippen molar-refractivity contribution in [3.63, 3.8) is 0 Å². The van der Waals surface area contributed by atoms with Crippen LogP contribution < -0.4 is 5.73 Å². The highest BCUT2D eigenvalue weighted by molar-refractivity contribution is 7.99. The standard InChI is InChI=1S/C10H12N2S/c1-2-5-13-10-4-3-9(12)6-8(10)7-11/h3-4,6H,2,5,12H2,1H3. The molecule has 0 heterocycles.